The van der Waals surface area contributed by atoms with E-state index in [1.165, 1.54) is 25.1 Å². The third-order valence-electron chi connectivity index (χ3n) is 2.16. The number of hydrogen-bond donors (Lipinski definition) is 2. The van der Waals surface area contributed by atoms with Crippen LogP contribution in [0, 0.1) is 18.3 Å². The Kier molecular flexibility index (Phi) is 4.23. The second-order valence-electron chi connectivity index (χ2n) is 3.79. The lowest BCUT2D eigenvalue weighted by Gasteiger charge is -2.10. The van der Waals surface area contributed by atoms with Crippen LogP contribution in [-0.4, -0.2) is 26.2 Å². The Morgan fingerprint density at radius 1 is 1.53 bits per heavy atom. The molecule has 1 atom stereocenters. The molecule has 0 heterocycles. The maximum Gasteiger partial charge on any atom is 0.240 e. The molecule has 6 heteroatoms. The quantitative estimate of drug-likeness (QED) is 0.820. The van der Waals surface area contributed by atoms with Crippen LogP contribution in [0.5, 0.6) is 0 Å². The van der Waals surface area contributed by atoms with Gasteiger partial charge in [-0.3, -0.25) is 0 Å². The third-order valence-corrected chi connectivity index (χ3v) is 3.75. The summed E-state index contributed by atoms with van der Waals surface area (Å²) in [5.74, 6) is 0. The number of rotatable bonds is 4. The highest BCUT2D eigenvalue weighted by molar-refractivity contribution is 7.89. The summed E-state index contributed by atoms with van der Waals surface area (Å²) in [6, 6.07) is 6.29. The van der Waals surface area contributed by atoms with Crippen LogP contribution < -0.4 is 4.72 Å². The number of aliphatic hydroxyl groups is 1. The third kappa shape index (κ3) is 3.53. The number of sulfonamides is 1. The van der Waals surface area contributed by atoms with E-state index in [9.17, 15) is 8.42 Å². The lowest BCUT2D eigenvalue weighted by Crippen LogP contribution is -2.31. The summed E-state index contributed by atoms with van der Waals surface area (Å²) < 4.78 is 26.0. The van der Waals surface area contributed by atoms with Gasteiger partial charge in [-0.25, -0.2) is 13.1 Å². The minimum atomic E-state index is -3.63. The van der Waals surface area contributed by atoms with Gasteiger partial charge in [-0.05, 0) is 37.6 Å². The van der Waals surface area contributed by atoms with E-state index in [2.05, 4.69) is 4.72 Å². The predicted molar refractivity (Wildman–Crippen MR) is 62.8 cm³/mol. The molecule has 0 amide bonds. The fraction of sp³-hybridized carbons (Fsp3) is 0.364. The van der Waals surface area contributed by atoms with Crippen LogP contribution in [0.25, 0.3) is 0 Å². The van der Waals surface area contributed by atoms with Gasteiger partial charge in [0.05, 0.1) is 22.6 Å². The maximum atomic E-state index is 11.9. The summed E-state index contributed by atoms with van der Waals surface area (Å²) in [7, 11) is -3.63. The van der Waals surface area contributed by atoms with Crippen molar-refractivity contribution in [3.63, 3.8) is 0 Å². The van der Waals surface area contributed by atoms with Crippen LogP contribution in [0.15, 0.2) is 23.1 Å². The molecular formula is C11H14N2O3S. The van der Waals surface area contributed by atoms with Crippen molar-refractivity contribution in [3.05, 3.63) is 29.3 Å². The van der Waals surface area contributed by atoms with Gasteiger partial charge in [0.2, 0.25) is 10.0 Å². The minimum absolute atomic E-state index is 0.0399. The van der Waals surface area contributed by atoms with E-state index >= 15 is 0 Å². The van der Waals surface area contributed by atoms with Gasteiger partial charge in [-0.1, -0.05) is 0 Å². The van der Waals surface area contributed by atoms with Crippen molar-refractivity contribution in [1.82, 2.24) is 4.72 Å². The number of nitrogens with one attached hydrogen (secondary N) is 1. The topological polar surface area (TPSA) is 90.2 Å². The van der Waals surface area contributed by atoms with Gasteiger partial charge in [0, 0.05) is 6.54 Å². The van der Waals surface area contributed by atoms with Gasteiger partial charge < -0.3 is 5.11 Å². The van der Waals surface area contributed by atoms with Crippen molar-refractivity contribution in [2.24, 2.45) is 0 Å². The molecule has 0 aliphatic rings. The Morgan fingerprint density at radius 3 is 2.65 bits per heavy atom. The van der Waals surface area contributed by atoms with Crippen LogP contribution in [0.4, 0.5) is 0 Å². The van der Waals surface area contributed by atoms with Crippen LogP contribution >= 0.6 is 0 Å². The zero-order valence-corrected chi connectivity index (χ0v) is 10.5. The Morgan fingerprint density at radius 2 is 2.18 bits per heavy atom. The van der Waals surface area contributed by atoms with Crippen LogP contribution in [-0.2, 0) is 10.0 Å². The van der Waals surface area contributed by atoms with Crippen LogP contribution in [0.1, 0.15) is 18.1 Å². The summed E-state index contributed by atoms with van der Waals surface area (Å²) >= 11 is 0. The number of aliphatic hydroxyl groups excluding tert-OH is 1. The monoisotopic (exact) mass is 254 g/mol. The maximum absolute atomic E-state index is 11.9. The molecule has 1 rings (SSSR count). The summed E-state index contributed by atoms with van der Waals surface area (Å²) in [6.07, 6.45) is -0.747. The summed E-state index contributed by atoms with van der Waals surface area (Å²) in [4.78, 5) is 0.122. The van der Waals surface area contributed by atoms with Crippen LogP contribution in [0.3, 0.4) is 0 Å². The smallest absolute Gasteiger partial charge is 0.240 e. The first kappa shape index (κ1) is 13.6. The molecule has 0 aliphatic carbocycles. The average molecular weight is 254 g/mol. The first-order valence-corrected chi connectivity index (χ1v) is 6.53. The zero-order valence-electron chi connectivity index (χ0n) is 9.64. The van der Waals surface area contributed by atoms with Gasteiger partial charge >= 0.3 is 0 Å². The molecule has 0 aliphatic heterocycles. The summed E-state index contributed by atoms with van der Waals surface area (Å²) in [6.45, 7) is 3.08. The first-order chi connectivity index (χ1) is 7.86. The molecule has 2 N–H and O–H groups in total. The standard InChI is InChI=1S/C11H14N2O3S/c1-8-5-10(6-12)3-4-11(8)17(15,16)13-7-9(2)14/h3-5,9,13-14H,7H2,1-2H3. The average Bonchev–Trinajstić information content (AvgIpc) is 2.26. The van der Waals surface area contributed by atoms with Crippen molar-refractivity contribution >= 4 is 10.0 Å². The first-order valence-electron chi connectivity index (χ1n) is 5.05. The Labute approximate surface area is 101 Å². The molecule has 0 fully saturated rings. The lowest BCUT2D eigenvalue weighted by atomic mass is 10.2. The van der Waals surface area contributed by atoms with Gasteiger partial charge in [-0.15, -0.1) is 0 Å². The molecule has 0 radical (unpaired) electrons. The Bertz CT molecular complexity index is 544. The van der Waals surface area contributed by atoms with Gasteiger partial charge in [-0.2, -0.15) is 5.26 Å². The van der Waals surface area contributed by atoms with E-state index in [1.807, 2.05) is 6.07 Å². The van der Waals surface area contributed by atoms with Crippen LogP contribution in [0.2, 0.25) is 0 Å². The number of nitrogens with zero attached hydrogens (tertiary/aromatic N) is 1. The number of nitriles is 1. The van der Waals surface area contributed by atoms with E-state index < -0.39 is 16.1 Å². The van der Waals surface area contributed by atoms with Gasteiger partial charge in [0.15, 0.2) is 0 Å². The number of benzene rings is 1. The van der Waals surface area contributed by atoms with Crippen molar-refractivity contribution in [3.8, 4) is 6.07 Å². The molecule has 0 saturated heterocycles. The van der Waals surface area contributed by atoms with Crippen molar-refractivity contribution in [1.29, 1.82) is 5.26 Å². The summed E-state index contributed by atoms with van der Waals surface area (Å²) in [5.41, 5.74) is 0.916. The molecule has 0 spiro atoms. The normalized spacial score (nSPS) is 13.1. The van der Waals surface area contributed by atoms with Crippen molar-refractivity contribution < 1.29 is 13.5 Å². The fourth-order valence-corrected chi connectivity index (χ4v) is 2.67. The second kappa shape index (κ2) is 5.27. The Hall–Kier alpha value is -1.42. The highest BCUT2D eigenvalue weighted by Crippen LogP contribution is 2.16. The van der Waals surface area contributed by atoms with E-state index in [1.54, 1.807) is 6.92 Å². The van der Waals surface area contributed by atoms with Crippen molar-refractivity contribution in [2.45, 2.75) is 24.8 Å². The molecule has 1 unspecified atom stereocenters. The highest BCUT2D eigenvalue weighted by atomic mass is 32.2. The van der Waals surface area contributed by atoms with Gasteiger partial charge in [0.1, 0.15) is 0 Å². The SMILES string of the molecule is Cc1cc(C#N)ccc1S(=O)(=O)NCC(C)O. The highest BCUT2D eigenvalue weighted by Gasteiger charge is 2.17. The molecule has 92 valence electrons. The largest absolute Gasteiger partial charge is 0.392 e. The molecule has 17 heavy (non-hydrogen) atoms. The predicted octanol–water partition coefficient (Wildman–Crippen LogP) is 0.526. The van der Waals surface area contributed by atoms with Crippen molar-refractivity contribution in [2.75, 3.05) is 6.54 Å². The Balaban J connectivity index is 3.04. The molecule has 1 aromatic carbocycles. The van der Waals surface area contributed by atoms with E-state index in [-0.39, 0.29) is 11.4 Å². The number of hydrogen-bond acceptors (Lipinski definition) is 4. The molecule has 0 saturated carbocycles. The minimum Gasteiger partial charge on any atom is -0.392 e. The second-order valence-corrected chi connectivity index (χ2v) is 5.53. The number of aryl methyl sites for hydroxylation is 1. The van der Waals surface area contributed by atoms with E-state index in [4.69, 9.17) is 10.4 Å². The van der Waals surface area contributed by atoms with Gasteiger partial charge in [0.25, 0.3) is 0 Å². The van der Waals surface area contributed by atoms with E-state index in [0.29, 0.717) is 11.1 Å². The molecule has 0 bridgehead atoms. The molecule has 1 aromatic rings. The zero-order chi connectivity index (χ0) is 13.1. The fourth-order valence-electron chi connectivity index (χ4n) is 1.33. The lowest BCUT2D eigenvalue weighted by molar-refractivity contribution is 0.198. The molecule has 5 nitrogen and oxygen atoms in total. The van der Waals surface area contributed by atoms with E-state index in [0.717, 1.165) is 0 Å². The summed E-state index contributed by atoms with van der Waals surface area (Å²) in [5, 5.41) is 17.7. The molecular weight excluding hydrogens is 240 g/mol. The molecule has 0 aromatic heterocycles.